The Labute approximate surface area is 178 Å². The summed E-state index contributed by atoms with van der Waals surface area (Å²) in [6, 6.07) is 2.17. The zero-order chi connectivity index (χ0) is 20.2. The van der Waals surface area contributed by atoms with Crippen molar-refractivity contribution in [1.29, 1.82) is 0 Å². The number of rotatable bonds is 9. The first-order valence-electron chi connectivity index (χ1n) is 9.73. The molecule has 0 aromatic carbocycles. The van der Waals surface area contributed by atoms with E-state index in [0.29, 0.717) is 25.0 Å². The molecule has 0 saturated heterocycles. The van der Waals surface area contributed by atoms with Crippen molar-refractivity contribution in [3.8, 4) is 11.3 Å². The first kappa shape index (κ1) is 20.3. The third-order valence-corrected chi connectivity index (χ3v) is 7.45. The molecule has 0 bridgehead atoms. The van der Waals surface area contributed by atoms with Gasteiger partial charge in [0.1, 0.15) is 4.83 Å². The van der Waals surface area contributed by atoms with E-state index in [-0.39, 0.29) is 6.61 Å². The predicted molar refractivity (Wildman–Crippen MR) is 120 cm³/mol. The Morgan fingerprint density at radius 1 is 1.34 bits per heavy atom. The summed E-state index contributed by atoms with van der Waals surface area (Å²) in [6.45, 7) is 1.16. The lowest BCUT2D eigenvalue weighted by Gasteiger charge is -2.27. The third kappa shape index (κ3) is 4.32. The van der Waals surface area contributed by atoms with E-state index < -0.39 is 0 Å². The number of thiophene rings is 1. The lowest BCUT2D eigenvalue weighted by molar-refractivity contribution is 0.218. The molecular formula is C20H25N5O2S2. The molecule has 154 valence electrons. The summed E-state index contributed by atoms with van der Waals surface area (Å²) in [6.07, 6.45) is 7.20. The molecule has 0 radical (unpaired) electrons. The van der Waals surface area contributed by atoms with E-state index >= 15 is 0 Å². The topological polar surface area (TPSA) is 106 Å². The number of ether oxygens (including phenoxy) is 1. The van der Waals surface area contributed by atoms with Crippen LogP contribution in [0.25, 0.3) is 21.5 Å². The van der Waals surface area contributed by atoms with Crippen LogP contribution in [0, 0.1) is 0 Å². The molecule has 1 aliphatic rings. The van der Waals surface area contributed by atoms with Crippen molar-refractivity contribution in [2.45, 2.75) is 29.4 Å². The van der Waals surface area contributed by atoms with Crippen molar-refractivity contribution < 1.29 is 9.84 Å². The van der Waals surface area contributed by atoms with Gasteiger partial charge in [-0.25, -0.2) is 15.0 Å². The molecule has 9 heteroatoms. The van der Waals surface area contributed by atoms with E-state index in [1.807, 2.05) is 0 Å². The van der Waals surface area contributed by atoms with E-state index in [1.165, 1.54) is 24.8 Å². The summed E-state index contributed by atoms with van der Waals surface area (Å²) in [5.74, 6) is 1.91. The maximum absolute atomic E-state index is 8.92. The Kier molecular flexibility index (Phi) is 6.49. The van der Waals surface area contributed by atoms with Crippen LogP contribution >= 0.6 is 23.1 Å². The van der Waals surface area contributed by atoms with E-state index in [1.54, 1.807) is 42.6 Å². The fraction of sp³-hybridized carbons (Fsp3) is 0.450. The molecule has 29 heavy (non-hydrogen) atoms. The monoisotopic (exact) mass is 431 g/mol. The summed E-state index contributed by atoms with van der Waals surface area (Å²) < 4.78 is 6.28. The van der Waals surface area contributed by atoms with Crippen LogP contribution in [0.1, 0.15) is 30.7 Å². The van der Waals surface area contributed by atoms with Crippen LogP contribution < -0.4 is 11.1 Å². The van der Waals surface area contributed by atoms with Gasteiger partial charge in [-0.1, -0.05) is 6.42 Å². The number of fused-ring (bicyclic) bond motifs is 1. The van der Waals surface area contributed by atoms with Crippen molar-refractivity contribution in [3.63, 3.8) is 0 Å². The number of nitrogens with zero attached hydrogens (tertiary/aromatic N) is 3. The van der Waals surface area contributed by atoms with Gasteiger partial charge in [-0.2, -0.15) is 0 Å². The van der Waals surface area contributed by atoms with Crippen molar-refractivity contribution in [2.75, 3.05) is 43.7 Å². The van der Waals surface area contributed by atoms with Crippen molar-refractivity contribution in [1.82, 2.24) is 15.0 Å². The molecule has 3 aromatic heterocycles. The summed E-state index contributed by atoms with van der Waals surface area (Å²) in [4.78, 5) is 14.6. The van der Waals surface area contributed by atoms with Crippen molar-refractivity contribution in [2.24, 2.45) is 0 Å². The van der Waals surface area contributed by atoms with Crippen LogP contribution in [0.4, 0.5) is 11.6 Å². The molecular weight excluding hydrogens is 406 g/mol. The van der Waals surface area contributed by atoms with Crippen LogP contribution in [-0.2, 0) is 4.74 Å². The third-order valence-electron chi connectivity index (χ3n) is 5.10. The van der Waals surface area contributed by atoms with Gasteiger partial charge >= 0.3 is 0 Å². The summed E-state index contributed by atoms with van der Waals surface area (Å²) >= 11 is 3.38. The summed E-state index contributed by atoms with van der Waals surface area (Å²) in [5.41, 5.74) is 10.5. The number of anilines is 2. The number of pyridine rings is 1. The van der Waals surface area contributed by atoms with Crippen LogP contribution in [0.5, 0.6) is 0 Å². The summed E-state index contributed by atoms with van der Waals surface area (Å²) in [5, 5.41) is 13.0. The lowest BCUT2D eigenvalue weighted by atomic mass is 9.79. The largest absolute Gasteiger partial charge is 0.397 e. The molecule has 1 fully saturated rings. The highest BCUT2D eigenvalue weighted by molar-refractivity contribution is 8.01. The molecule has 0 atom stereocenters. The number of hydrogen-bond acceptors (Lipinski definition) is 9. The molecule has 3 heterocycles. The fourth-order valence-electron chi connectivity index (χ4n) is 3.36. The standard InChI is InChI=1S/C20H25N5O2S2/c1-27-7-8-28-19-17(21)16-14(12-3-2-4-12)9-15(25-18(16)29-19)13-10-23-20(24-11-13)22-5-6-26/h9-12,26H,2-8,21H2,1H3,(H,22,23,24). The van der Waals surface area contributed by atoms with Gasteiger partial charge in [0.15, 0.2) is 0 Å². The number of nitrogen functional groups attached to an aromatic ring is 1. The van der Waals surface area contributed by atoms with Crippen molar-refractivity contribution in [3.05, 3.63) is 24.0 Å². The van der Waals surface area contributed by atoms with Gasteiger partial charge in [-0.3, -0.25) is 0 Å². The molecule has 7 nitrogen and oxygen atoms in total. The average molecular weight is 432 g/mol. The molecule has 4 rings (SSSR count). The Hall–Kier alpha value is -1.94. The van der Waals surface area contributed by atoms with Gasteiger partial charge in [0.05, 0.1) is 28.8 Å². The molecule has 4 N–H and O–H groups in total. The zero-order valence-electron chi connectivity index (χ0n) is 16.4. The van der Waals surface area contributed by atoms with Gasteiger partial charge in [-0.15, -0.1) is 23.1 Å². The van der Waals surface area contributed by atoms with Gasteiger partial charge in [0.2, 0.25) is 5.95 Å². The Balaban J connectivity index is 1.71. The molecule has 1 aliphatic carbocycles. The molecule has 0 unspecified atom stereocenters. The summed E-state index contributed by atoms with van der Waals surface area (Å²) in [7, 11) is 1.71. The van der Waals surface area contributed by atoms with Gasteiger partial charge in [-0.05, 0) is 30.4 Å². The second-order valence-electron chi connectivity index (χ2n) is 6.99. The van der Waals surface area contributed by atoms with E-state index in [0.717, 1.165) is 37.1 Å². The van der Waals surface area contributed by atoms with Gasteiger partial charge < -0.3 is 20.9 Å². The quantitative estimate of drug-likeness (QED) is 0.347. The Morgan fingerprint density at radius 2 is 2.14 bits per heavy atom. The first-order chi connectivity index (χ1) is 14.2. The zero-order valence-corrected chi connectivity index (χ0v) is 18.0. The molecule has 1 saturated carbocycles. The maximum Gasteiger partial charge on any atom is 0.222 e. The highest BCUT2D eigenvalue weighted by Gasteiger charge is 2.26. The van der Waals surface area contributed by atoms with Crippen molar-refractivity contribution >= 4 is 45.0 Å². The molecule has 0 aliphatic heterocycles. The van der Waals surface area contributed by atoms with Crippen LogP contribution in [0.2, 0.25) is 0 Å². The number of aliphatic hydroxyl groups is 1. The minimum atomic E-state index is 0.0403. The van der Waals surface area contributed by atoms with Crippen LogP contribution in [-0.4, -0.2) is 52.7 Å². The molecule has 0 spiro atoms. The number of nitrogens with one attached hydrogen (secondary N) is 1. The SMILES string of the molecule is COCCSc1sc2nc(-c3cnc(NCCO)nc3)cc(C3CCC3)c2c1N. The number of nitrogens with two attached hydrogens (primary N) is 1. The van der Waals surface area contributed by atoms with Crippen LogP contribution in [0.15, 0.2) is 22.7 Å². The Morgan fingerprint density at radius 3 is 2.79 bits per heavy atom. The lowest BCUT2D eigenvalue weighted by Crippen LogP contribution is -2.10. The van der Waals surface area contributed by atoms with Gasteiger partial charge in [0.25, 0.3) is 0 Å². The number of thioether (sulfide) groups is 1. The Bertz CT molecular complexity index is 973. The minimum Gasteiger partial charge on any atom is -0.397 e. The minimum absolute atomic E-state index is 0.0403. The molecule has 0 amide bonds. The first-order valence-corrected chi connectivity index (χ1v) is 11.5. The fourth-order valence-corrected chi connectivity index (χ4v) is 5.64. The number of aliphatic hydroxyl groups excluding tert-OH is 1. The second kappa shape index (κ2) is 9.25. The number of methoxy groups -OCH3 is 1. The highest BCUT2D eigenvalue weighted by atomic mass is 32.2. The predicted octanol–water partition coefficient (Wildman–Crippen LogP) is 3.75. The van der Waals surface area contributed by atoms with E-state index in [2.05, 4.69) is 21.4 Å². The van der Waals surface area contributed by atoms with E-state index in [4.69, 9.17) is 20.6 Å². The number of aromatic nitrogens is 3. The second-order valence-corrected chi connectivity index (χ2v) is 9.36. The van der Waals surface area contributed by atoms with Gasteiger partial charge in [0, 0.05) is 42.8 Å². The van der Waals surface area contributed by atoms with E-state index in [9.17, 15) is 0 Å². The average Bonchev–Trinajstić information content (AvgIpc) is 3.01. The maximum atomic E-state index is 8.92. The number of hydrogen-bond donors (Lipinski definition) is 3. The molecule has 3 aromatic rings. The highest BCUT2D eigenvalue weighted by Crippen LogP contribution is 2.47. The smallest absolute Gasteiger partial charge is 0.222 e. The van der Waals surface area contributed by atoms with Crippen LogP contribution in [0.3, 0.4) is 0 Å². The normalized spacial score (nSPS) is 14.3.